The molecule has 1 N–H and O–H groups in total. The van der Waals surface area contributed by atoms with Gasteiger partial charge in [0.05, 0.1) is 13.3 Å². The van der Waals surface area contributed by atoms with Crippen LogP contribution >= 0.6 is 0 Å². The van der Waals surface area contributed by atoms with Crippen LogP contribution in [0, 0.1) is 0 Å². The van der Waals surface area contributed by atoms with Gasteiger partial charge in [0.15, 0.2) is 6.61 Å². The molecule has 1 amide bonds. The molecule has 0 saturated carbocycles. The van der Waals surface area contributed by atoms with Crippen LogP contribution in [0.5, 0.6) is 11.5 Å². The maximum Gasteiger partial charge on any atom is 0.277 e. The van der Waals surface area contributed by atoms with Gasteiger partial charge < -0.3 is 9.47 Å². The normalized spacial score (nSPS) is 10.6. The maximum atomic E-state index is 11.9. The van der Waals surface area contributed by atoms with Crippen LogP contribution in [0.15, 0.2) is 84.0 Å². The van der Waals surface area contributed by atoms with Gasteiger partial charge in [-0.1, -0.05) is 54.6 Å². The number of hydrogen-bond acceptors (Lipinski definition) is 4. The lowest BCUT2D eigenvalue weighted by molar-refractivity contribution is -0.123. The first-order valence-electron chi connectivity index (χ1n) is 8.49. The van der Waals surface area contributed by atoms with Gasteiger partial charge in [-0.05, 0) is 35.4 Å². The van der Waals surface area contributed by atoms with E-state index >= 15 is 0 Å². The van der Waals surface area contributed by atoms with Gasteiger partial charge in [-0.3, -0.25) is 4.79 Å². The smallest absolute Gasteiger partial charge is 0.277 e. The predicted molar refractivity (Wildman–Crippen MR) is 106 cm³/mol. The van der Waals surface area contributed by atoms with Crippen LogP contribution in [0.3, 0.4) is 0 Å². The van der Waals surface area contributed by atoms with Crippen molar-refractivity contribution in [1.29, 1.82) is 0 Å². The lowest BCUT2D eigenvalue weighted by atomic mass is 10.1. The molecule has 5 heteroatoms. The van der Waals surface area contributed by atoms with E-state index in [9.17, 15) is 4.79 Å². The number of carbonyl (C=O) groups is 1. The van der Waals surface area contributed by atoms with Gasteiger partial charge in [-0.2, -0.15) is 5.10 Å². The quantitative estimate of drug-likeness (QED) is 0.514. The van der Waals surface area contributed by atoms with Crippen LogP contribution in [-0.2, 0) is 4.79 Å². The minimum Gasteiger partial charge on any atom is -0.496 e. The largest absolute Gasteiger partial charge is 0.496 e. The summed E-state index contributed by atoms with van der Waals surface area (Å²) in [5.41, 5.74) is 5.44. The zero-order valence-corrected chi connectivity index (χ0v) is 15.0. The average molecular weight is 360 g/mol. The van der Waals surface area contributed by atoms with Crippen molar-refractivity contribution in [3.8, 4) is 22.6 Å². The second kappa shape index (κ2) is 9.20. The highest BCUT2D eigenvalue weighted by Gasteiger charge is 2.03. The minimum absolute atomic E-state index is 0.117. The Morgan fingerprint density at radius 2 is 1.59 bits per heavy atom. The number of carbonyl (C=O) groups excluding carboxylic acids is 1. The Balaban J connectivity index is 1.50. The van der Waals surface area contributed by atoms with E-state index in [2.05, 4.69) is 10.5 Å². The number of benzene rings is 3. The second-order valence-electron chi connectivity index (χ2n) is 5.71. The molecule has 27 heavy (non-hydrogen) atoms. The SMILES string of the molecule is COc1ccccc1C=NNC(=O)COc1ccc(-c2ccccc2)cc1. The first-order chi connectivity index (χ1) is 13.3. The fourth-order valence-corrected chi connectivity index (χ4v) is 2.50. The molecule has 3 aromatic carbocycles. The Labute approximate surface area is 158 Å². The van der Waals surface area contributed by atoms with E-state index in [-0.39, 0.29) is 12.5 Å². The number of hydrazone groups is 1. The van der Waals surface area contributed by atoms with Crippen molar-refractivity contribution >= 4 is 12.1 Å². The summed E-state index contributed by atoms with van der Waals surface area (Å²) < 4.78 is 10.7. The van der Waals surface area contributed by atoms with Crippen LogP contribution in [0.1, 0.15) is 5.56 Å². The van der Waals surface area contributed by atoms with Crippen LogP contribution < -0.4 is 14.9 Å². The van der Waals surface area contributed by atoms with Crippen LogP contribution in [-0.4, -0.2) is 25.8 Å². The second-order valence-corrected chi connectivity index (χ2v) is 5.71. The first-order valence-corrected chi connectivity index (χ1v) is 8.49. The monoisotopic (exact) mass is 360 g/mol. The number of para-hydroxylation sites is 1. The van der Waals surface area contributed by atoms with Crippen molar-refractivity contribution in [2.75, 3.05) is 13.7 Å². The Morgan fingerprint density at radius 1 is 0.926 bits per heavy atom. The zero-order valence-electron chi connectivity index (χ0n) is 15.0. The molecule has 0 aromatic heterocycles. The molecule has 0 aliphatic heterocycles. The van der Waals surface area contributed by atoms with E-state index in [1.165, 1.54) is 6.21 Å². The van der Waals surface area contributed by atoms with Gasteiger partial charge >= 0.3 is 0 Å². The summed E-state index contributed by atoms with van der Waals surface area (Å²) in [6.07, 6.45) is 1.53. The van der Waals surface area contributed by atoms with Crippen molar-refractivity contribution in [2.24, 2.45) is 5.10 Å². The van der Waals surface area contributed by atoms with Crippen LogP contribution in [0.4, 0.5) is 0 Å². The molecule has 0 fully saturated rings. The fourth-order valence-electron chi connectivity index (χ4n) is 2.50. The third-order valence-electron chi connectivity index (χ3n) is 3.86. The summed E-state index contributed by atoms with van der Waals surface area (Å²) in [6.45, 7) is -0.117. The average Bonchev–Trinajstić information content (AvgIpc) is 2.73. The molecule has 136 valence electrons. The lowest BCUT2D eigenvalue weighted by Crippen LogP contribution is -2.24. The van der Waals surface area contributed by atoms with E-state index < -0.39 is 0 Å². The molecule has 0 aliphatic rings. The van der Waals surface area contributed by atoms with E-state index in [1.54, 1.807) is 7.11 Å². The third-order valence-corrected chi connectivity index (χ3v) is 3.86. The molecular weight excluding hydrogens is 340 g/mol. The van der Waals surface area contributed by atoms with E-state index in [0.717, 1.165) is 16.7 Å². The number of hydrogen-bond donors (Lipinski definition) is 1. The van der Waals surface area contributed by atoms with Gasteiger partial charge in [0.1, 0.15) is 11.5 Å². The van der Waals surface area contributed by atoms with E-state index in [1.807, 2.05) is 78.9 Å². The van der Waals surface area contributed by atoms with Gasteiger partial charge in [-0.25, -0.2) is 5.43 Å². The Bertz CT molecular complexity index is 906. The maximum absolute atomic E-state index is 11.9. The number of nitrogens with zero attached hydrogens (tertiary/aromatic N) is 1. The number of methoxy groups -OCH3 is 1. The molecule has 0 bridgehead atoms. The van der Waals surface area contributed by atoms with Gasteiger partial charge in [0.2, 0.25) is 0 Å². The topological polar surface area (TPSA) is 59.9 Å². The molecule has 0 aliphatic carbocycles. The van der Waals surface area contributed by atoms with Crippen molar-refractivity contribution in [3.05, 3.63) is 84.4 Å². The molecule has 0 spiro atoms. The number of rotatable bonds is 7. The van der Waals surface area contributed by atoms with Gasteiger partial charge in [-0.15, -0.1) is 0 Å². The van der Waals surface area contributed by atoms with Gasteiger partial charge in [0.25, 0.3) is 5.91 Å². The third kappa shape index (κ3) is 5.19. The highest BCUT2D eigenvalue weighted by atomic mass is 16.5. The molecule has 0 heterocycles. The Morgan fingerprint density at radius 3 is 2.33 bits per heavy atom. The summed E-state index contributed by atoms with van der Waals surface area (Å²) in [4.78, 5) is 11.9. The summed E-state index contributed by atoms with van der Waals surface area (Å²) in [5, 5.41) is 3.93. The highest BCUT2D eigenvalue weighted by Crippen LogP contribution is 2.22. The molecule has 0 unspecified atom stereocenters. The summed E-state index contributed by atoms with van der Waals surface area (Å²) >= 11 is 0. The van der Waals surface area contributed by atoms with Crippen molar-refractivity contribution < 1.29 is 14.3 Å². The summed E-state index contributed by atoms with van der Waals surface area (Å²) in [5.74, 6) is 0.970. The van der Waals surface area contributed by atoms with Crippen molar-refractivity contribution in [1.82, 2.24) is 5.43 Å². The van der Waals surface area contributed by atoms with Crippen LogP contribution in [0.2, 0.25) is 0 Å². The van der Waals surface area contributed by atoms with E-state index in [0.29, 0.717) is 11.5 Å². The highest BCUT2D eigenvalue weighted by molar-refractivity contribution is 5.85. The van der Waals surface area contributed by atoms with E-state index in [4.69, 9.17) is 9.47 Å². The molecule has 0 radical (unpaired) electrons. The molecular formula is C22H20N2O3. The first kappa shape index (κ1) is 18.2. The Hall–Kier alpha value is -3.60. The molecule has 0 saturated heterocycles. The number of nitrogens with one attached hydrogen (secondary N) is 1. The lowest BCUT2D eigenvalue weighted by Gasteiger charge is -2.07. The van der Waals surface area contributed by atoms with Gasteiger partial charge in [0, 0.05) is 5.56 Å². The molecule has 0 atom stereocenters. The Kier molecular flexibility index (Phi) is 6.20. The number of amides is 1. The van der Waals surface area contributed by atoms with Crippen molar-refractivity contribution in [3.63, 3.8) is 0 Å². The molecule has 3 rings (SSSR count). The standard InChI is InChI=1S/C22H20N2O3/c1-26-21-10-6-5-9-19(21)15-23-24-22(25)16-27-20-13-11-18(12-14-20)17-7-3-2-4-8-17/h2-15H,16H2,1H3,(H,24,25). The molecule has 5 nitrogen and oxygen atoms in total. The summed E-state index contributed by atoms with van der Waals surface area (Å²) in [6, 6.07) is 25.1. The van der Waals surface area contributed by atoms with Crippen molar-refractivity contribution in [2.45, 2.75) is 0 Å². The fraction of sp³-hybridized carbons (Fsp3) is 0.0909. The summed E-state index contributed by atoms with van der Waals surface area (Å²) in [7, 11) is 1.59. The minimum atomic E-state index is -0.340. The number of ether oxygens (including phenoxy) is 2. The van der Waals surface area contributed by atoms with Crippen LogP contribution in [0.25, 0.3) is 11.1 Å². The molecule has 3 aromatic rings. The zero-order chi connectivity index (χ0) is 18.9. The predicted octanol–water partition coefficient (Wildman–Crippen LogP) is 3.89.